The van der Waals surface area contributed by atoms with Crippen LogP contribution in [0.3, 0.4) is 0 Å². The molecule has 1 fully saturated rings. The average Bonchev–Trinajstić information content (AvgIpc) is 3.12. The molecule has 2 rings (SSSR count). The maximum atomic E-state index is 5.48. The van der Waals surface area contributed by atoms with Crippen LogP contribution < -0.4 is 16.2 Å². The van der Waals surface area contributed by atoms with Crippen LogP contribution >= 0.6 is 0 Å². The van der Waals surface area contributed by atoms with Gasteiger partial charge in [-0.25, -0.2) is 15.8 Å². The molecule has 88 valence electrons. The lowest BCUT2D eigenvalue weighted by Gasteiger charge is -2.21. The standard InChI is InChI=1S/C11H19N5/c1-4-9-13-10(15-12)7(2)11(14-9)16(3)8-5-6-8/h8H,4-6,12H2,1-3H3,(H,13,14,15). The Balaban J connectivity index is 2.40. The van der Waals surface area contributed by atoms with Gasteiger partial charge in [0.15, 0.2) is 0 Å². The molecule has 1 aromatic heterocycles. The number of hydrogen-bond acceptors (Lipinski definition) is 5. The Hall–Kier alpha value is -1.36. The predicted octanol–water partition coefficient (Wildman–Crippen LogP) is 1.23. The first-order valence-electron chi connectivity index (χ1n) is 5.74. The van der Waals surface area contributed by atoms with E-state index in [9.17, 15) is 0 Å². The van der Waals surface area contributed by atoms with Crippen LogP contribution in [-0.2, 0) is 6.42 Å². The fourth-order valence-corrected chi connectivity index (χ4v) is 1.83. The van der Waals surface area contributed by atoms with Crippen LogP contribution in [0, 0.1) is 6.92 Å². The third kappa shape index (κ3) is 1.95. The van der Waals surface area contributed by atoms with E-state index in [0.717, 1.165) is 29.4 Å². The van der Waals surface area contributed by atoms with Gasteiger partial charge in [0, 0.05) is 25.1 Å². The summed E-state index contributed by atoms with van der Waals surface area (Å²) in [6.45, 7) is 4.05. The number of hydrogen-bond donors (Lipinski definition) is 2. The molecule has 1 aliphatic carbocycles. The molecule has 0 aromatic carbocycles. The summed E-state index contributed by atoms with van der Waals surface area (Å²) in [6, 6.07) is 0.643. The lowest BCUT2D eigenvalue weighted by Crippen LogP contribution is -2.24. The number of nitrogens with two attached hydrogens (primary N) is 1. The highest BCUT2D eigenvalue weighted by Crippen LogP contribution is 2.32. The molecule has 1 heterocycles. The van der Waals surface area contributed by atoms with Crippen LogP contribution in [0.25, 0.3) is 0 Å². The zero-order valence-corrected chi connectivity index (χ0v) is 10.1. The monoisotopic (exact) mass is 221 g/mol. The highest BCUT2D eigenvalue weighted by Gasteiger charge is 2.28. The molecule has 0 radical (unpaired) electrons. The minimum Gasteiger partial charge on any atom is -0.356 e. The van der Waals surface area contributed by atoms with E-state index in [-0.39, 0.29) is 0 Å². The van der Waals surface area contributed by atoms with Gasteiger partial charge in [0.1, 0.15) is 17.5 Å². The Morgan fingerprint density at radius 1 is 1.44 bits per heavy atom. The lowest BCUT2D eigenvalue weighted by molar-refractivity contribution is 0.846. The van der Waals surface area contributed by atoms with Gasteiger partial charge in [-0.15, -0.1) is 0 Å². The Labute approximate surface area is 96.0 Å². The molecular weight excluding hydrogens is 202 g/mol. The number of rotatable bonds is 4. The van der Waals surface area contributed by atoms with Crippen LogP contribution in [-0.4, -0.2) is 23.1 Å². The molecule has 1 aromatic rings. The molecular formula is C11H19N5. The second-order valence-electron chi connectivity index (χ2n) is 4.28. The summed E-state index contributed by atoms with van der Waals surface area (Å²) in [6.07, 6.45) is 3.33. The highest BCUT2D eigenvalue weighted by molar-refractivity contribution is 5.58. The molecule has 0 spiro atoms. The Kier molecular flexibility index (Phi) is 2.96. The van der Waals surface area contributed by atoms with E-state index >= 15 is 0 Å². The normalized spacial score (nSPS) is 15.0. The molecule has 16 heavy (non-hydrogen) atoms. The van der Waals surface area contributed by atoms with Crippen LogP contribution in [0.5, 0.6) is 0 Å². The van der Waals surface area contributed by atoms with Crippen molar-refractivity contribution in [2.45, 2.75) is 39.2 Å². The molecule has 1 aliphatic rings. The number of aryl methyl sites for hydroxylation is 1. The van der Waals surface area contributed by atoms with Gasteiger partial charge >= 0.3 is 0 Å². The van der Waals surface area contributed by atoms with E-state index in [1.165, 1.54) is 12.8 Å². The van der Waals surface area contributed by atoms with Crippen LogP contribution in [0.4, 0.5) is 11.6 Å². The molecule has 0 amide bonds. The Morgan fingerprint density at radius 2 is 2.12 bits per heavy atom. The third-order valence-corrected chi connectivity index (χ3v) is 3.05. The Morgan fingerprint density at radius 3 is 2.62 bits per heavy atom. The average molecular weight is 221 g/mol. The largest absolute Gasteiger partial charge is 0.356 e. The van der Waals surface area contributed by atoms with E-state index in [1.54, 1.807) is 0 Å². The van der Waals surface area contributed by atoms with Crippen molar-refractivity contribution in [1.82, 2.24) is 9.97 Å². The number of aromatic nitrogens is 2. The number of nitrogens with zero attached hydrogens (tertiary/aromatic N) is 3. The van der Waals surface area contributed by atoms with E-state index in [0.29, 0.717) is 6.04 Å². The van der Waals surface area contributed by atoms with Crippen molar-refractivity contribution >= 4 is 11.6 Å². The van der Waals surface area contributed by atoms with Crippen molar-refractivity contribution < 1.29 is 0 Å². The maximum absolute atomic E-state index is 5.48. The van der Waals surface area contributed by atoms with E-state index in [1.807, 2.05) is 13.8 Å². The molecule has 0 unspecified atom stereocenters. The zero-order chi connectivity index (χ0) is 11.7. The van der Waals surface area contributed by atoms with Gasteiger partial charge in [-0.2, -0.15) is 0 Å². The second-order valence-corrected chi connectivity index (χ2v) is 4.28. The fraction of sp³-hybridized carbons (Fsp3) is 0.636. The van der Waals surface area contributed by atoms with E-state index in [4.69, 9.17) is 5.84 Å². The summed E-state index contributed by atoms with van der Waals surface area (Å²) >= 11 is 0. The minimum absolute atomic E-state index is 0.643. The van der Waals surface area contributed by atoms with Crippen molar-refractivity contribution in [1.29, 1.82) is 0 Å². The minimum atomic E-state index is 0.643. The lowest BCUT2D eigenvalue weighted by atomic mass is 10.2. The molecule has 0 saturated heterocycles. The van der Waals surface area contributed by atoms with Gasteiger partial charge in [0.25, 0.3) is 0 Å². The molecule has 0 aliphatic heterocycles. The Bertz CT molecular complexity index is 386. The summed E-state index contributed by atoms with van der Waals surface area (Å²) in [5.74, 6) is 8.04. The third-order valence-electron chi connectivity index (χ3n) is 3.05. The highest BCUT2D eigenvalue weighted by atomic mass is 15.3. The smallest absolute Gasteiger partial charge is 0.148 e. The first kappa shape index (κ1) is 11.1. The summed E-state index contributed by atoms with van der Waals surface area (Å²) in [5, 5.41) is 0. The van der Waals surface area contributed by atoms with Crippen molar-refractivity contribution in [3.8, 4) is 0 Å². The molecule has 1 saturated carbocycles. The van der Waals surface area contributed by atoms with Crippen LogP contribution in [0.15, 0.2) is 0 Å². The molecule has 0 atom stereocenters. The van der Waals surface area contributed by atoms with Gasteiger partial charge in [0.2, 0.25) is 0 Å². The van der Waals surface area contributed by atoms with Crippen LogP contribution in [0.2, 0.25) is 0 Å². The van der Waals surface area contributed by atoms with Crippen molar-refractivity contribution in [3.63, 3.8) is 0 Å². The summed E-state index contributed by atoms with van der Waals surface area (Å²) < 4.78 is 0. The van der Waals surface area contributed by atoms with E-state index < -0.39 is 0 Å². The summed E-state index contributed by atoms with van der Waals surface area (Å²) in [7, 11) is 2.09. The predicted molar refractivity (Wildman–Crippen MR) is 65.4 cm³/mol. The van der Waals surface area contributed by atoms with Gasteiger partial charge in [-0.05, 0) is 19.8 Å². The summed E-state index contributed by atoms with van der Waals surface area (Å²) in [4.78, 5) is 11.2. The van der Waals surface area contributed by atoms with Crippen molar-refractivity contribution in [2.24, 2.45) is 5.84 Å². The SMILES string of the molecule is CCc1nc(NN)c(C)c(N(C)C2CC2)n1. The topological polar surface area (TPSA) is 67.1 Å². The first-order valence-corrected chi connectivity index (χ1v) is 5.74. The fourth-order valence-electron chi connectivity index (χ4n) is 1.83. The number of hydrazine groups is 1. The number of nitrogen functional groups attached to an aromatic ring is 1. The maximum Gasteiger partial charge on any atom is 0.148 e. The van der Waals surface area contributed by atoms with Gasteiger partial charge in [-0.3, -0.25) is 0 Å². The molecule has 3 N–H and O–H groups in total. The quantitative estimate of drug-likeness (QED) is 0.591. The summed E-state index contributed by atoms with van der Waals surface area (Å²) in [5.41, 5.74) is 3.67. The van der Waals surface area contributed by atoms with Crippen LogP contribution in [0.1, 0.15) is 31.2 Å². The van der Waals surface area contributed by atoms with Crippen molar-refractivity contribution in [2.75, 3.05) is 17.4 Å². The number of anilines is 2. The van der Waals surface area contributed by atoms with E-state index in [2.05, 4.69) is 27.3 Å². The van der Waals surface area contributed by atoms with Gasteiger partial charge in [0.05, 0.1) is 0 Å². The molecule has 5 nitrogen and oxygen atoms in total. The van der Waals surface area contributed by atoms with Gasteiger partial charge < -0.3 is 10.3 Å². The second kappa shape index (κ2) is 4.25. The molecule has 0 bridgehead atoms. The van der Waals surface area contributed by atoms with Crippen molar-refractivity contribution in [3.05, 3.63) is 11.4 Å². The molecule has 5 heteroatoms. The number of nitrogens with one attached hydrogen (secondary N) is 1. The zero-order valence-electron chi connectivity index (χ0n) is 10.1. The first-order chi connectivity index (χ1) is 7.67. The van der Waals surface area contributed by atoms with Gasteiger partial charge in [-0.1, -0.05) is 6.92 Å².